The van der Waals surface area contributed by atoms with Crippen molar-refractivity contribution in [1.29, 1.82) is 0 Å². The van der Waals surface area contributed by atoms with E-state index in [1.807, 2.05) is 23.6 Å². The molecule has 6 nitrogen and oxygen atoms in total. The molecule has 7 heteroatoms. The third-order valence-corrected chi connectivity index (χ3v) is 4.19. The topological polar surface area (TPSA) is 74.0 Å². The van der Waals surface area contributed by atoms with Gasteiger partial charge in [0, 0.05) is 17.8 Å². The van der Waals surface area contributed by atoms with Gasteiger partial charge in [-0.05, 0) is 44.5 Å². The summed E-state index contributed by atoms with van der Waals surface area (Å²) in [6.45, 7) is 6.01. The lowest BCUT2D eigenvalue weighted by atomic mass is 10.1. The standard InChI is InChI=1S/C17H17FN6/c1-9(2)24-10(3)21-16-13(18)6-11(7-14(16)24)12-4-5-23-15(12)8-20-17(19)22-23/h4-9H,1-3H3,(H2,19,22). The summed E-state index contributed by atoms with van der Waals surface area (Å²) in [7, 11) is 0. The maximum absolute atomic E-state index is 14.6. The lowest BCUT2D eigenvalue weighted by molar-refractivity contribution is 0.600. The van der Waals surface area contributed by atoms with Crippen LogP contribution < -0.4 is 5.73 Å². The number of halogens is 1. The highest BCUT2D eigenvalue weighted by Crippen LogP contribution is 2.31. The lowest BCUT2D eigenvalue weighted by Gasteiger charge is -2.11. The molecule has 0 aliphatic heterocycles. The van der Waals surface area contributed by atoms with Gasteiger partial charge in [-0.25, -0.2) is 18.9 Å². The molecule has 24 heavy (non-hydrogen) atoms. The number of fused-ring (bicyclic) bond motifs is 2. The molecule has 0 aliphatic rings. The summed E-state index contributed by atoms with van der Waals surface area (Å²) >= 11 is 0. The third kappa shape index (κ3) is 2.05. The first kappa shape index (κ1) is 14.6. The van der Waals surface area contributed by atoms with E-state index >= 15 is 0 Å². The van der Waals surface area contributed by atoms with Crippen LogP contribution in [0.4, 0.5) is 10.3 Å². The monoisotopic (exact) mass is 324 g/mol. The summed E-state index contributed by atoms with van der Waals surface area (Å²) in [4.78, 5) is 8.41. The molecule has 0 saturated carbocycles. The molecular formula is C17H17FN6. The fourth-order valence-corrected chi connectivity index (χ4v) is 3.23. The van der Waals surface area contributed by atoms with Gasteiger partial charge in [0.15, 0.2) is 5.82 Å². The quantitative estimate of drug-likeness (QED) is 0.613. The molecular weight excluding hydrogens is 307 g/mol. The molecule has 3 aromatic heterocycles. The third-order valence-electron chi connectivity index (χ3n) is 4.19. The zero-order valence-corrected chi connectivity index (χ0v) is 13.7. The van der Waals surface area contributed by atoms with Gasteiger partial charge < -0.3 is 10.3 Å². The molecule has 122 valence electrons. The van der Waals surface area contributed by atoms with Crippen LogP contribution in [0.15, 0.2) is 30.6 Å². The highest BCUT2D eigenvalue weighted by molar-refractivity contribution is 5.88. The molecule has 0 saturated heterocycles. The minimum atomic E-state index is -0.333. The highest BCUT2D eigenvalue weighted by Gasteiger charge is 2.17. The van der Waals surface area contributed by atoms with Gasteiger partial charge in [-0.1, -0.05) is 0 Å². The van der Waals surface area contributed by atoms with E-state index in [2.05, 4.69) is 28.9 Å². The fourth-order valence-electron chi connectivity index (χ4n) is 3.23. The Morgan fingerprint density at radius 3 is 2.75 bits per heavy atom. The van der Waals surface area contributed by atoms with Crippen LogP contribution in [0.2, 0.25) is 0 Å². The summed E-state index contributed by atoms with van der Waals surface area (Å²) in [6, 6.07) is 5.54. The molecule has 0 atom stereocenters. The van der Waals surface area contributed by atoms with Gasteiger partial charge in [-0.2, -0.15) is 0 Å². The van der Waals surface area contributed by atoms with Gasteiger partial charge in [-0.15, -0.1) is 5.10 Å². The number of hydrogen-bond acceptors (Lipinski definition) is 4. The van der Waals surface area contributed by atoms with Crippen molar-refractivity contribution in [2.75, 3.05) is 5.73 Å². The van der Waals surface area contributed by atoms with E-state index in [1.54, 1.807) is 16.9 Å². The van der Waals surface area contributed by atoms with Crippen LogP contribution >= 0.6 is 0 Å². The first-order chi connectivity index (χ1) is 11.5. The SMILES string of the molecule is Cc1nc2c(F)cc(-c3ccn4nc(N)ncc34)cc2n1C(C)C. The van der Waals surface area contributed by atoms with Gasteiger partial charge in [-0.3, -0.25) is 0 Å². The van der Waals surface area contributed by atoms with Crippen LogP contribution in [0.25, 0.3) is 27.7 Å². The Bertz CT molecular complexity index is 1080. The minimum absolute atomic E-state index is 0.193. The van der Waals surface area contributed by atoms with Gasteiger partial charge in [0.05, 0.1) is 17.2 Å². The fraction of sp³-hybridized carbons (Fsp3) is 0.235. The maximum atomic E-state index is 14.6. The molecule has 0 amide bonds. The number of aromatic nitrogens is 5. The van der Waals surface area contributed by atoms with Crippen molar-refractivity contribution < 1.29 is 4.39 Å². The van der Waals surface area contributed by atoms with E-state index in [9.17, 15) is 4.39 Å². The number of aryl methyl sites for hydroxylation is 1. The Morgan fingerprint density at radius 1 is 1.21 bits per heavy atom. The molecule has 3 heterocycles. The summed E-state index contributed by atoms with van der Waals surface area (Å²) in [6.07, 6.45) is 3.43. The lowest BCUT2D eigenvalue weighted by Crippen LogP contribution is -2.02. The van der Waals surface area contributed by atoms with Crippen molar-refractivity contribution in [1.82, 2.24) is 24.1 Å². The van der Waals surface area contributed by atoms with E-state index in [1.165, 1.54) is 6.07 Å². The Hall–Kier alpha value is -2.96. The van der Waals surface area contributed by atoms with Gasteiger partial charge in [0.2, 0.25) is 5.95 Å². The number of hydrogen-bond donors (Lipinski definition) is 1. The molecule has 1 aromatic carbocycles. The van der Waals surface area contributed by atoms with E-state index < -0.39 is 0 Å². The average molecular weight is 324 g/mol. The number of benzene rings is 1. The van der Waals surface area contributed by atoms with Gasteiger partial charge >= 0.3 is 0 Å². The zero-order valence-electron chi connectivity index (χ0n) is 13.7. The van der Waals surface area contributed by atoms with Crippen molar-refractivity contribution in [3.8, 4) is 11.1 Å². The number of nitrogens with two attached hydrogens (primary N) is 1. The number of imidazole rings is 1. The second kappa shape index (κ2) is 5.02. The number of nitrogen functional groups attached to an aromatic ring is 1. The second-order valence-electron chi connectivity index (χ2n) is 6.12. The van der Waals surface area contributed by atoms with Crippen LogP contribution in [0.1, 0.15) is 25.7 Å². The highest BCUT2D eigenvalue weighted by atomic mass is 19.1. The number of rotatable bonds is 2. The molecule has 2 N–H and O–H groups in total. The molecule has 4 aromatic rings. The molecule has 0 spiro atoms. The van der Waals surface area contributed by atoms with Crippen molar-refractivity contribution in [2.24, 2.45) is 0 Å². The molecule has 0 fully saturated rings. The van der Waals surface area contributed by atoms with Crippen molar-refractivity contribution in [3.63, 3.8) is 0 Å². The Kier molecular flexibility index (Phi) is 3.06. The number of nitrogens with zero attached hydrogens (tertiary/aromatic N) is 5. The predicted molar refractivity (Wildman–Crippen MR) is 91.2 cm³/mol. The minimum Gasteiger partial charge on any atom is -0.367 e. The van der Waals surface area contributed by atoms with E-state index in [4.69, 9.17) is 5.73 Å². The van der Waals surface area contributed by atoms with Crippen molar-refractivity contribution >= 4 is 22.5 Å². The van der Waals surface area contributed by atoms with E-state index in [0.29, 0.717) is 5.52 Å². The maximum Gasteiger partial charge on any atom is 0.238 e. The van der Waals surface area contributed by atoms with E-state index in [0.717, 1.165) is 28.0 Å². The summed E-state index contributed by atoms with van der Waals surface area (Å²) in [5.74, 6) is 0.661. The van der Waals surface area contributed by atoms with Gasteiger partial charge in [0.1, 0.15) is 11.3 Å². The average Bonchev–Trinajstić information content (AvgIpc) is 3.07. The molecule has 0 unspecified atom stereocenters. The zero-order chi connectivity index (χ0) is 17.0. The number of anilines is 1. The smallest absolute Gasteiger partial charge is 0.238 e. The van der Waals surface area contributed by atoms with Crippen molar-refractivity contribution in [3.05, 3.63) is 42.2 Å². The second-order valence-corrected chi connectivity index (χ2v) is 6.12. The van der Waals surface area contributed by atoms with Gasteiger partial charge in [0.25, 0.3) is 0 Å². The molecule has 4 rings (SSSR count). The Labute approximate surface area is 137 Å². The normalized spacial score (nSPS) is 11.9. The predicted octanol–water partition coefficient (Wildman–Crippen LogP) is 3.36. The Morgan fingerprint density at radius 2 is 2.00 bits per heavy atom. The van der Waals surface area contributed by atoms with E-state index in [-0.39, 0.29) is 17.8 Å². The first-order valence-electron chi connectivity index (χ1n) is 7.74. The summed E-state index contributed by atoms with van der Waals surface area (Å²) in [5, 5.41) is 4.13. The Balaban J connectivity index is 2.01. The van der Waals surface area contributed by atoms with Crippen LogP contribution in [-0.4, -0.2) is 24.1 Å². The molecule has 0 bridgehead atoms. The molecule has 0 aliphatic carbocycles. The van der Waals surface area contributed by atoms with Crippen LogP contribution in [-0.2, 0) is 0 Å². The molecule has 0 radical (unpaired) electrons. The summed E-state index contributed by atoms with van der Waals surface area (Å²) < 4.78 is 18.3. The first-order valence-corrected chi connectivity index (χ1v) is 7.74. The van der Waals surface area contributed by atoms with Crippen LogP contribution in [0.3, 0.4) is 0 Å². The largest absolute Gasteiger partial charge is 0.367 e. The van der Waals surface area contributed by atoms with Crippen LogP contribution in [0.5, 0.6) is 0 Å². The van der Waals surface area contributed by atoms with Crippen molar-refractivity contribution in [2.45, 2.75) is 26.8 Å². The van der Waals surface area contributed by atoms with Crippen LogP contribution in [0, 0.1) is 12.7 Å². The summed E-state index contributed by atoms with van der Waals surface area (Å²) in [5.41, 5.74) is 9.18.